The fourth-order valence-electron chi connectivity index (χ4n) is 4.45. The number of benzene rings is 2. The highest BCUT2D eigenvalue weighted by Gasteiger charge is 2.17. The summed E-state index contributed by atoms with van der Waals surface area (Å²) < 4.78 is 6.16. The van der Waals surface area contributed by atoms with Crippen LogP contribution in [-0.2, 0) is 35.5 Å². The van der Waals surface area contributed by atoms with Crippen molar-refractivity contribution in [2.45, 2.75) is 45.2 Å². The van der Waals surface area contributed by atoms with Crippen molar-refractivity contribution in [2.75, 3.05) is 26.2 Å². The first kappa shape index (κ1) is 26.4. The third kappa shape index (κ3) is 9.03. The molecule has 0 bridgehead atoms. The molecule has 7 nitrogen and oxygen atoms in total. The Balaban J connectivity index is 1.46. The number of aromatic nitrogens is 1. The molecule has 2 amide bonds. The summed E-state index contributed by atoms with van der Waals surface area (Å²) in [4.78, 5) is 31.7. The van der Waals surface area contributed by atoms with Crippen LogP contribution in [0.25, 0.3) is 0 Å². The Morgan fingerprint density at radius 1 is 0.973 bits per heavy atom. The molecule has 1 aliphatic rings. The zero-order valence-corrected chi connectivity index (χ0v) is 21.3. The second-order valence-electron chi connectivity index (χ2n) is 9.43. The molecule has 4 rings (SSSR count). The molecule has 0 radical (unpaired) electrons. The average Bonchev–Trinajstić information content (AvgIpc) is 2.91. The molecule has 2 aromatic carbocycles. The van der Waals surface area contributed by atoms with E-state index < -0.39 is 0 Å². The van der Waals surface area contributed by atoms with Crippen LogP contribution in [0, 0.1) is 0 Å². The van der Waals surface area contributed by atoms with Gasteiger partial charge in [-0.15, -0.1) is 0 Å². The molecule has 2 heterocycles. The summed E-state index contributed by atoms with van der Waals surface area (Å²) in [5.74, 6) is 0.820. The van der Waals surface area contributed by atoms with Gasteiger partial charge in [0.2, 0.25) is 11.8 Å². The van der Waals surface area contributed by atoms with E-state index in [4.69, 9.17) is 4.74 Å². The smallest absolute Gasteiger partial charge is 0.234 e. The van der Waals surface area contributed by atoms with Gasteiger partial charge < -0.3 is 15.4 Å². The molecule has 37 heavy (non-hydrogen) atoms. The molecular weight excluding hydrogens is 464 g/mol. The average molecular weight is 501 g/mol. The SMILES string of the molecule is O=C(Cc1ccc2c(c1)CN(Cc1ccccc1)CC(=O)NCCCCCO2)NCCc1ccccn1. The van der Waals surface area contributed by atoms with Gasteiger partial charge in [0.05, 0.1) is 19.6 Å². The number of pyridine rings is 1. The molecular formula is C30H36N4O3. The Morgan fingerprint density at radius 2 is 1.84 bits per heavy atom. The minimum atomic E-state index is -0.0260. The largest absolute Gasteiger partial charge is 0.493 e. The monoisotopic (exact) mass is 500 g/mol. The van der Waals surface area contributed by atoms with Crippen molar-refractivity contribution >= 4 is 11.8 Å². The van der Waals surface area contributed by atoms with Gasteiger partial charge in [0, 0.05) is 50.1 Å². The molecule has 3 aromatic rings. The predicted molar refractivity (Wildman–Crippen MR) is 144 cm³/mol. The zero-order chi connectivity index (χ0) is 25.7. The van der Waals surface area contributed by atoms with E-state index in [9.17, 15) is 9.59 Å². The molecule has 0 atom stereocenters. The van der Waals surface area contributed by atoms with E-state index in [0.29, 0.717) is 45.8 Å². The van der Waals surface area contributed by atoms with Crippen LogP contribution in [0.1, 0.15) is 41.6 Å². The highest BCUT2D eigenvalue weighted by atomic mass is 16.5. The quantitative estimate of drug-likeness (QED) is 0.517. The number of nitrogens with zero attached hydrogens (tertiary/aromatic N) is 2. The molecule has 0 saturated carbocycles. The Bertz CT molecular complexity index is 1140. The van der Waals surface area contributed by atoms with Crippen LogP contribution < -0.4 is 15.4 Å². The summed E-state index contributed by atoms with van der Waals surface area (Å²) in [6, 6.07) is 21.9. The van der Waals surface area contributed by atoms with Gasteiger partial charge in [0.25, 0.3) is 0 Å². The molecule has 0 saturated heterocycles. The van der Waals surface area contributed by atoms with Crippen LogP contribution in [0.5, 0.6) is 5.75 Å². The van der Waals surface area contributed by atoms with Crippen molar-refractivity contribution in [3.05, 3.63) is 95.3 Å². The minimum Gasteiger partial charge on any atom is -0.493 e. The van der Waals surface area contributed by atoms with Crippen LogP contribution in [0.2, 0.25) is 0 Å². The number of fused-ring (bicyclic) bond motifs is 1. The number of amides is 2. The normalized spacial score (nSPS) is 15.2. The summed E-state index contributed by atoms with van der Waals surface area (Å²) in [5.41, 5.74) is 4.01. The van der Waals surface area contributed by atoms with Gasteiger partial charge >= 0.3 is 0 Å². The zero-order valence-electron chi connectivity index (χ0n) is 21.3. The third-order valence-corrected chi connectivity index (χ3v) is 6.33. The minimum absolute atomic E-state index is 0.0260. The van der Waals surface area contributed by atoms with Gasteiger partial charge in [-0.05, 0) is 48.6 Å². The maximum absolute atomic E-state index is 12.7. The first-order chi connectivity index (χ1) is 18.2. The van der Waals surface area contributed by atoms with E-state index in [0.717, 1.165) is 47.4 Å². The molecule has 1 aliphatic heterocycles. The van der Waals surface area contributed by atoms with E-state index in [1.165, 1.54) is 0 Å². The van der Waals surface area contributed by atoms with E-state index in [2.05, 4.69) is 32.7 Å². The highest BCUT2D eigenvalue weighted by molar-refractivity contribution is 5.79. The van der Waals surface area contributed by atoms with Crippen molar-refractivity contribution in [1.82, 2.24) is 20.5 Å². The number of nitrogens with one attached hydrogen (secondary N) is 2. The molecule has 0 unspecified atom stereocenters. The Kier molecular flexibility index (Phi) is 10.1. The van der Waals surface area contributed by atoms with Crippen molar-refractivity contribution in [1.29, 1.82) is 0 Å². The molecule has 2 N–H and O–H groups in total. The van der Waals surface area contributed by atoms with E-state index >= 15 is 0 Å². The first-order valence-corrected chi connectivity index (χ1v) is 13.1. The number of rotatable bonds is 7. The van der Waals surface area contributed by atoms with Gasteiger partial charge in [-0.3, -0.25) is 19.5 Å². The number of hydrogen-bond acceptors (Lipinski definition) is 5. The summed E-state index contributed by atoms with van der Waals surface area (Å²) in [6.45, 7) is 3.35. The first-order valence-electron chi connectivity index (χ1n) is 13.1. The van der Waals surface area contributed by atoms with Gasteiger partial charge in [-0.1, -0.05) is 48.5 Å². The summed E-state index contributed by atoms with van der Waals surface area (Å²) in [7, 11) is 0. The predicted octanol–water partition coefficient (Wildman–Crippen LogP) is 3.66. The van der Waals surface area contributed by atoms with Crippen LogP contribution in [0.4, 0.5) is 0 Å². The Hall–Kier alpha value is -3.71. The standard InChI is InChI=1S/C30H36N4O3/c35-29(33-17-14-27-11-5-7-15-31-27)20-25-12-13-28-26(19-25)22-34(21-24-9-3-1-4-10-24)23-30(36)32-16-6-2-8-18-37-28/h1,3-5,7,9-13,15,19H,2,6,8,14,16-18,20-23H2,(H,32,36)(H,33,35). The van der Waals surface area contributed by atoms with Crippen LogP contribution in [-0.4, -0.2) is 47.9 Å². The lowest BCUT2D eigenvalue weighted by atomic mass is 10.1. The Labute approximate surface area is 219 Å². The van der Waals surface area contributed by atoms with Crippen molar-refractivity contribution in [3.8, 4) is 5.75 Å². The second kappa shape index (κ2) is 14.1. The molecule has 0 fully saturated rings. The molecule has 7 heteroatoms. The fraction of sp³-hybridized carbons (Fsp3) is 0.367. The lowest BCUT2D eigenvalue weighted by Gasteiger charge is -2.23. The van der Waals surface area contributed by atoms with Gasteiger partial charge in [-0.2, -0.15) is 0 Å². The van der Waals surface area contributed by atoms with Gasteiger partial charge in [0.1, 0.15) is 5.75 Å². The van der Waals surface area contributed by atoms with Gasteiger partial charge in [0.15, 0.2) is 0 Å². The number of carbonyl (C=O) groups is 2. The van der Waals surface area contributed by atoms with Crippen LogP contribution >= 0.6 is 0 Å². The maximum atomic E-state index is 12.7. The maximum Gasteiger partial charge on any atom is 0.234 e. The van der Waals surface area contributed by atoms with Gasteiger partial charge in [-0.25, -0.2) is 0 Å². The second-order valence-corrected chi connectivity index (χ2v) is 9.43. The number of ether oxygens (including phenoxy) is 1. The van der Waals surface area contributed by atoms with Crippen molar-refractivity contribution in [2.24, 2.45) is 0 Å². The van der Waals surface area contributed by atoms with E-state index in [1.807, 2.05) is 54.6 Å². The molecule has 0 spiro atoms. The summed E-state index contributed by atoms with van der Waals surface area (Å²) in [5, 5.41) is 6.05. The van der Waals surface area contributed by atoms with E-state index in [-0.39, 0.29) is 18.2 Å². The number of carbonyl (C=O) groups excluding carboxylic acids is 2. The molecule has 0 aliphatic carbocycles. The Morgan fingerprint density at radius 3 is 2.68 bits per heavy atom. The molecule has 1 aromatic heterocycles. The topological polar surface area (TPSA) is 83.6 Å². The fourth-order valence-corrected chi connectivity index (χ4v) is 4.45. The third-order valence-electron chi connectivity index (χ3n) is 6.33. The van der Waals surface area contributed by atoms with Crippen LogP contribution in [0.3, 0.4) is 0 Å². The lowest BCUT2D eigenvalue weighted by Crippen LogP contribution is -2.37. The number of hydrogen-bond donors (Lipinski definition) is 2. The summed E-state index contributed by atoms with van der Waals surface area (Å²) in [6.07, 6.45) is 5.62. The van der Waals surface area contributed by atoms with Crippen molar-refractivity contribution in [3.63, 3.8) is 0 Å². The summed E-state index contributed by atoms with van der Waals surface area (Å²) >= 11 is 0. The lowest BCUT2D eigenvalue weighted by molar-refractivity contribution is -0.122. The molecule has 194 valence electrons. The van der Waals surface area contributed by atoms with Crippen molar-refractivity contribution < 1.29 is 14.3 Å². The van der Waals surface area contributed by atoms with Crippen LogP contribution in [0.15, 0.2) is 72.9 Å². The highest BCUT2D eigenvalue weighted by Crippen LogP contribution is 2.24. The van der Waals surface area contributed by atoms with E-state index in [1.54, 1.807) is 6.20 Å².